The zero-order valence-electron chi connectivity index (χ0n) is 14.5. The molecule has 1 aromatic heterocycles. The lowest BCUT2D eigenvalue weighted by Crippen LogP contribution is -2.36. The lowest BCUT2D eigenvalue weighted by atomic mass is 10.1. The summed E-state index contributed by atoms with van der Waals surface area (Å²) in [5.41, 5.74) is 1.96. The number of hydrogen-bond donors (Lipinski definition) is 2. The number of hydrogen-bond acceptors (Lipinski definition) is 2. The summed E-state index contributed by atoms with van der Waals surface area (Å²) in [5.74, 6) is -2.44. The second-order valence-corrected chi connectivity index (χ2v) is 5.93. The van der Waals surface area contributed by atoms with Crippen LogP contribution in [0.5, 0.6) is 0 Å². The molecule has 0 unspecified atom stereocenters. The second-order valence-electron chi connectivity index (χ2n) is 5.93. The Hall–Kier alpha value is -3.55. The van der Waals surface area contributed by atoms with Crippen LogP contribution in [0.4, 0.5) is 18.9 Å². The number of aromatic nitrogens is 1. The molecule has 0 aliphatic heterocycles. The van der Waals surface area contributed by atoms with E-state index in [-0.39, 0.29) is 6.54 Å². The van der Waals surface area contributed by atoms with Crippen molar-refractivity contribution in [1.82, 2.24) is 9.88 Å². The molecule has 0 fully saturated rings. The Balaban J connectivity index is 1.69. The number of amides is 2. The summed E-state index contributed by atoms with van der Waals surface area (Å²) in [6.07, 6.45) is -1.21. The summed E-state index contributed by atoms with van der Waals surface area (Å²) in [5, 5.41) is 4.46. The molecular weight excluding hydrogens is 371 g/mol. The van der Waals surface area contributed by atoms with Crippen molar-refractivity contribution in [1.29, 1.82) is 0 Å². The topological polar surface area (TPSA) is 63.1 Å². The Labute approximate surface area is 158 Å². The third-order valence-electron chi connectivity index (χ3n) is 3.99. The van der Waals surface area contributed by atoms with Crippen LogP contribution in [0.2, 0.25) is 0 Å². The number of carbonyl (C=O) groups excluding carboxylic acids is 2. The molecule has 0 saturated carbocycles. The molecule has 8 heteroatoms. The minimum Gasteiger partial charge on any atom is -0.344 e. The van der Waals surface area contributed by atoms with Crippen LogP contribution >= 0.6 is 0 Å². The van der Waals surface area contributed by atoms with Crippen molar-refractivity contribution in [3.8, 4) is 5.69 Å². The molecule has 3 aromatic rings. The average molecular weight is 387 g/mol. The minimum absolute atomic E-state index is 0.324. The average Bonchev–Trinajstić information content (AvgIpc) is 3.21. The third kappa shape index (κ3) is 4.59. The van der Waals surface area contributed by atoms with Crippen LogP contribution in [0, 0.1) is 0 Å². The van der Waals surface area contributed by atoms with E-state index >= 15 is 0 Å². The van der Waals surface area contributed by atoms with Crippen LogP contribution in [0.15, 0.2) is 73.1 Å². The van der Waals surface area contributed by atoms with Gasteiger partial charge >= 0.3 is 12.1 Å². The first-order valence-electron chi connectivity index (χ1n) is 8.32. The first-order valence-corrected chi connectivity index (χ1v) is 8.32. The molecule has 2 aromatic carbocycles. The number of halogens is 3. The molecule has 28 heavy (non-hydrogen) atoms. The smallest absolute Gasteiger partial charge is 0.344 e. The van der Waals surface area contributed by atoms with Crippen molar-refractivity contribution in [3.63, 3.8) is 0 Å². The molecular formula is C20H16F3N3O2. The van der Waals surface area contributed by atoms with Gasteiger partial charge in [-0.1, -0.05) is 18.2 Å². The predicted molar refractivity (Wildman–Crippen MR) is 98.1 cm³/mol. The standard InChI is InChI=1S/C20H16F3N3O2/c21-20(22,23)19(28)24-13-15-5-1-2-6-17(15)25-18(27)14-7-9-16(10-8-14)26-11-3-4-12-26/h1-12H,13H2,(H,24,28)(H,25,27). The van der Waals surface area contributed by atoms with Crippen LogP contribution in [0.3, 0.4) is 0 Å². The molecule has 0 aliphatic carbocycles. The fourth-order valence-corrected chi connectivity index (χ4v) is 2.56. The number of nitrogens with zero attached hydrogens (tertiary/aromatic N) is 1. The van der Waals surface area contributed by atoms with Gasteiger partial charge in [-0.05, 0) is 48.0 Å². The highest BCUT2D eigenvalue weighted by Crippen LogP contribution is 2.19. The highest BCUT2D eigenvalue weighted by molar-refractivity contribution is 6.04. The van der Waals surface area contributed by atoms with E-state index in [1.807, 2.05) is 29.1 Å². The van der Waals surface area contributed by atoms with Crippen molar-refractivity contribution >= 4 is 17.5 Å². The number of benzene rings is 2. The quantitative estimate of drug-likeness (QED) is 0.697. The first kappa shape index (κ1) is 19.2. The maximum Gasteiger partial charge on any atom is 0.471 e. The SMILES string of the molecule is O=C(Nc1ccccc1CNC(=O)C(F)(F)F)c1ccc(-n2cccc2)cc1. The van der Waals surface area contributed by atoms with E-state index in [4.69, 9.17) is 0 Å². The number of alkyl halides is 3. The molecule has 0 atom stereocenters. The number of anilines is 1. The van der Waals surface area contributed by atoms with Crippen molar-refractivity contribution < 1.29 is 22.8 Å². The van der Waals surface area contributed by atoms with Crippen LogP contribution in [0.1, 0.15) is 15.9 Å². The van der Waals surface area contributed by atoms with Gasteiger partial charge < -0.3 is 15.2 Å². The van der Waals surface area contributed by atoms with Crippen LogP contribution in [-0.4, -0.2) is 22.6 Å². The van der Waals surface area contributed by atoms with E-state index in [2.05, 4.69) is 5.32 Å². The molecule has 144 valence electrons. The molecule has 2 N–H and O–H groups in total. The van der Waals surface area contributed by atoms with Crippen molar-refractivity contribution in [2.75, 3.05) is 5.32 Å². The third-order valence-corrected chi connectivity index (χ3v) is 3.99. The monoisotopic (exact) mass is 387 g/mol. The van der Waals surface area contributed by atoms with Gasteiger partial charge in [0, 0.05) is 35.9 Å². The molecule has 2 amide bonds. The Morgan fingerprint density at radius 1 is 0.893 bits per heavy atom. The van der Waals surface area contributed by atoms with Crippen LogP contribution < -0.4 is 10.6 Å². The first-order chi connectivity index (χ1) is 13.3. The number of rotatable bonds is 5. The zero-order chi connectivity index (χ0) is 20.1. The Bertz CT molecular complexity index is 965. The lowest BCUT2D eigenvalue weighted by Gasteiger charge is -2.13. The van der Waals surface area contributed by atoms with Gasteiger partial charge in [-0.25, -0.2) is 0 Å². The fourth-order valence-electron chi connectivity index (χ4n) is 2.56. The van der Waals surface area contributed by atoms with Gasteiger partial charge in [0.1, 0.15) is 0 Å². The van der Waals surface area contributed by atoms with E-state index in [0.717, 1.165) is 5.69 Å². The summed E-state index contributed by atoms with van der Waals surface area (Å²) in [6, 6.07) is 17.0. The molecule has 0 spiro atoms. The summed E-state index contributed by atoms with van der Waals surface area (Å²) in [7, 11) is 0. The van der Waals surface area contributed by atoms with Gasteiger partial charge in [-0.15, -0.1) is 0 Å². The highest BCUT2D eigenvalue weighted by Gasteiger charge is 2.38. The fraction of sp³-hybridized carbons (Fsp3) is 0.100. The molecule has 5 nitrogen and oxygen atoms in total. The summed E-state index contributed by atoms with van der Waals surface area (Å²) in [4.78, 5) is 23.5. The largest absolute Gasteiger partial charge is 0.471 e. The van der Waals surface area contributed by atoms with Crippen molar-refractivity contribution in [2.45, 2.75) is 12.7 Å². The van der Waals surface area contributed by atoms with Gasteiger partial charge in [-0.2, -0.15) is 13.2 Å². The maximum absolute atomic E-state index is 12.5. The minimum atomic E-state index is -4.96. The molecule has 0 bridgehead atoms. The van der Waals surface area contributed by atoms with Gasteiger partial charge in [0.15, 0.2) is 0 Å². The van der Waals surface area contributed by atoms with Gasteiger partial charge in [0.05, 0.1) is 0 Å². The number of nitrogens with one attached hydrogen (secondary N) is 2. The van der Waals surface area contributed by atoms with Gasteiger partial charge in [0.25, 0.3) is 5.91 Å². The Morgan fingerprint density at radius 2 is 1.54 bits per heavy atom. The van der Waals surface area contributed by atoms with E-state index < -0.39 is 18.0 Å². The summed E-state index contributed by atoms with van der Waals surface area (Å²) >= 11 is 0. The second kappa shape index (κ2) is 7.99. The summed E-state index contributed by atoms with van der Waals surface area (Å²) < 4.78 is 38.9. The van der Waals surface area contributed by atoms with Gasteiger partial charge in [-0.3, -0.25) is 9.59 Å². The van der Waals surface area contributed by atoms with Gasteiger partial charge in [0.2, 0.25) is 0 Å². The van der Waals surface area contributed by atoms with E-state index in [0.29, 0.717) is 16.8 Å². The molecule has 0 saturated heterocycles. The summed E-state index contributed by atoms with van der Waals surface area (Å²) in [6.45, 7) is -0.360. The predicted octanol–water partition coefficient (Wildman–Crippen LogP) is 3.91. The number of carbonyl (C=O) groups is 2. The molecule has 0 aliphatic rings. The molecule has 3 rings (SSSR count). The Kier molecular flexibility index (Phi) is 5.49. The molecule has 1 heterocycles. The zero-order valence-corrected chi connectivity index (χ0v) is 14.5. The molecule has 0 radical (unpaired) electrons. The normalized spacial score (nSPS) is 11.1. The Morgan fingerprint density at radius 3 is 2.18 bits per heavy atom. The number of para-hydroxylation sites is 1. The van der Waals surface area contributed by atoms with E-state index in [1.54, 1.807) is 47.8 Å². The maximum atomic E-state index is 12.5. The van der Waals surface area contributed by atoms with Crippen LogP contribution in [-0.2, 0) is 11.3 Å². The van der Waals surface area contributed by atoms with Crippen molar-refractivity contribution in [2.24, 2.45) is 0 Å². The lowest BCUT2D eigenvalue weighted by molar-refractivity contribution is -0.173. The van der Waals surface area contributed by atoms with Crippen LogP contribution in [0.25, 0.3) is 5.69 Å². The van der Waals surface area contributed by atoms with Crippen molar-refractivity contribution in [3.05, 3.63) is 84.2 Å². The highest BCUT2D eigenvalue weighted by atomic mass is 19.4. The van der Waals surface area contributed by atoms with E-state index in [1.165, 1.54) is 6.07 Å². The van der Waals surface area contributed by atoms with E-state index in [9.17, 15) is 22.8 Å².